The summed E-state index contributed by atoms with van der Waals surface area (Å²) >= 11 is 0. The van der Waals surface area contributed by atoms with Gasteiger partial charge in [0.25, 0.3) is 0 Å². The lowest BCUT2D eigenvalue weighted by Crippen LogP contribution is -2.52. The van der Waals surface area contributed by atoms with E-state index in [1.807, 2.05) is 26.0 Å². The Labute approximate surface area is 131 Å². The van der Waals surface area contributed by atoms with E-state index in [4.69, 9.17) is 0 Å². The maximum Gasteiger partial charge on any atom is 0.178 e. The number of nitriles is 1. The number of carbonyl (C=O) groups excluding carboxylic acids is 2. The molecule has 0 aromatic rings. The molecule has 0 radical (unpaired) electrons. The van der Waals surface area contributed by atoms with Crippen molar-refractivity contribution >= 4 is 11.6 Å². The van der Waals surface area contributed by atoms with Crippen LogP contribution in [0.3, 0.4) is 0 Å². The highest BCUT2D eigenvalue weighted by Crippen LogP contribution is 2.62. The molecule has 3 nitrogen and oxygen atoms in total. The molecule has 0 aliphatic heterocycles. The van der Waals surface area contributed by atoms with Gasteiger partial charge in [-0.1, -0.05) is 39.8 Å². The first-order chi connectivity index (χ1) is 10.1. The minimum Gasteiger partial charge on any atom is -0.293 e. The lowest BCUT2D eigenvalue weighted by molar-refractivity contribution is -0.130. The Bertz CT molecular complexity index is 716. The molecule has 1 saturated carbocycles. The summed E-state index contributed by atoms with van der Waals surface area (Å²) in [6.07, 6.45) is 9.02. The molecule has 0 saturated heterocycles. The van der Waals surface area contributed by atoms with Crippen molar-refractivity contribution in [2.75, 3.05) is 0 Å². The highest BCUT2D eigenvalue weighted by atomic mass is 16.1. The number of ketones is 2. The summed E-state index contributed by atoms with van der Waals surface area (Å²) in [6, 6.07) is 2.07. The van der Waals surface area contributed by atoms with Crippen LogP contribution >= 0.6 is 0 Å². The van der Waals surface area contributed by atoms with Crippen molar-refractivity contribution in [2.45, 2.75) is 40.5 Å². The van der Waals surface area contributed by atoms with Crippen molar-refractivity contribution in [1.29, 1.82) is 5.26 Å². The number of rotatable bonds is 0. The van der Waals surface area contributed by atoms with Crippen molar-refractivity contribution in [3.05, 3.63) is 35.5 Å². The Morgan fingerprint density at radius 1 is 1.23 bits per heavy atom. The number of Topliss-reactive ketones (excluding diaryl/α,β-unsaturated/α-hetero) is 1. The van der Waals surface area contributed by atoms with Gasteiger partial charge in [0.1, 0.15) is 6.07 Å². The van der Waals surface area contributed by atoms with Gasteiger partial charge in [0.05, 0.1) is 5.57 Å². The van der Waals surface area contributed by atoms with Gasteiger partial charge in [0, 0.05) is 16.2 Å². The second kappa shape index (κ2) is 4.29. The largest absolute Gasteiger partial charge is 0.293 e. The number of nitrogens with zero attached hydrogens (tertiary/aromatic N) is 1. The summed E-state index contributed by atoms with van der Waals surface area (Å²) < 4.78 is 0. The van der Waals surface area contributed by atoms with E-state index in [9.17, 15) is 14.9 Å². The van der Waals surface area contributed by atoms with Crippen LogP contribution in [-0.4, -0.2) is 11.6 Å². The van der Waals surface area contributed by atoms with Crippen molar-refractivity contribution in [1.82, 2.24) is 0 Å². The predicted octanol–water partition coefficient (Wildman–Crippen LogP) is 3.53. The van der Waals surface area contributed by atoms with Crippen LogP contribution in [-0.2, 0) is 9.59 Å². The average Bonchev–Trinajstić information content (AvgIpc) is 2.45. The molecule has 3 atom stereocenters. The minimum absolute atomic E-state index is 0.00374. The van der Waals surface area contributed by atoms with E-state index >= 15 is 0 Å². The van der Waals surface area contributed by atoms with E-state index < -0.39 is 10.8 Å². The SMILES string of the molecule is CC12C=CC(=O)C=C1C1(C)C=C(C#N)C(=O)C(C)(C)[C@@H]1CC2. The van der Waals surface area contributed by atoms with Gasteiger partial charge in [-0.25, -0.2) is 0 Å². The van der Waals surface area contributed by atoms with Crippen LogP contribution in [0.5, 0.6) is 0 Å². The number of hydrogen-bond donors (Lipinski definition) is 0. The molecule has 0 N–H and O–H groups in total. The average molecular weight is 295 g/mol. The molecule has 0 bridgehead atoms. The van der Waals surface area contributed by atoms with E-state index in [0.717, 1.165) is 18.4 Å². The van der Waals surface area contributed by atoms with E-state index in [1.54, 1.807) is 12.2 Å². The number of hydrogen-bond acceptors (Lipinski definition) is 3. The monoisotopic (exact) mass is 295 g/mol. The Morgan fingerprint density at radius 3 is 2.55 bits per heavy atom. The zero-order valence-corrected chi connectivity index (χ0v) is 13.6. The van der Waals surface area contributed by atoms with Crippen LogP contribution in [0, 0.1) is 33.5 Å². The Morgan fingerprint density at radius 2 is 1.91 bits per heavy atom. The van der Waals surface area contributed by atoms with Gasteiger partial charge in [0.15, 0.2) is 11.6 Å². The predicted molar refractivity (Wildman–Crippen MR) is 83.7 cm³/mol. The number of fused-ring (bicyclic) bond motifs is 3. The highest BCUT2D eigenvalue weighted by Gasteiger charge is 2.58. The molecule has 22 heavy (non-hydrogen) atoms. The molecule has 0 aromatic heterocycles. The molecular formula is C19H21NO2. The van der Waals surface area contributed by atoms with Crippen molar-refractivity contribution < 1.29 is 9.59 Å². The van der Waals surface area contributed by atoms with Crippen LogP contribution < -0.4 is 0 Å². The number of allylic oxidation sites excluding steroid dienone is 6. The molecule has 0 heterocycles. The fourth-order valence-corrected chi connectivity index (χ4v) is 4.87. The Balaban J connectivity index is 2.26. The highest BCUT2D eigenvalue weighted by molar-refractivity contribution is 6.05. The summed E-state index contributed by atoms with van der Waals surface area (Å²) in [4.78, 5) is 24.5. The quantitative estimate of drug-likeness (QED) is 0.687. The third-order valence-electron chi connectivity index (χ3n) is 6.04. The Hall–Kier alpha value is -1.95. The standard InChI is InChI=1S/C19H21NO2/c1-17(2)14-6-8-18(3)7-5-13(21)9-15(18)19(14,4)10-12(11-20)16(17)22/h5,7,9-10,14H,6,8H2,1-4H3/t14-,18?,19?/m0/s1. The number of carbonyl (C=O) groups is 2. The van der Waals surface area contributed by atoms with Gasteiger partial charge >= 0.3 is 0 Å². The van der Waals surface area contributed by atoms with Gasteiger partial charge in [-0.2, -0.15) is 5.26 Å². The summed E-state index contributed by atoms with van der Waals surface area (Å²) in [6.45, 7) is 8.10. The first kappa shape index (κ1) is 15.0. The fraction of sp³-hybridized carbons (Fsp3) is 0.526. The van der Waals surface area contributed by atoms with Gasteiger partial charge in [-0.3, -0.25) is 9.59 Å². The zero-order chi connectivity index (χ0) is 16.3. The van der Waals surface area contributed by atoms with Gasteiger partial charge < -0.3 is 0 Å². The molecule has 1 fully saturated rings. The molecule has 3 aliphatic carbocycles. The van der Waals surface area contributed by atoms with Crippen molar-refractivity contribution in [3.63, 3.8) is 0 Å². The van der Waals surface area contributed by atoms with Gasteiger partial charge in [-0.15, -0.1) is 0 Å². The summed E-state index contributed by atoms with van der Waals surface area (Å²) in [5.41, 5.74) is 0.122. The first-order valence-corrected chi connectivity index (χ1v) is 7.79. The normalized spacial score (nSPS) is 39.3. The van der Waals surface area contributed by atoms with Crippen LogP contribution in [0.25, 0.3) is 0 Å². The second-order valence-electron chi connectivity index (χ2n) is 7.81. The Kier molecular flexibility index (Phi) is 2.92. The van der Waals surface area contributed by atoms with Crippen LogP contribution in [0.2, 0.25) is 0 Å². The lowest BCUT2D eigenvalue weighted by atomic mass is 9.46. The smallest absolute Gasteiger partial charge is 0.178 e. The zero-order valence-electron chi connectivity index (χ0n) is 13.6. The van der Waals surface area contributed by atoms with Gasteiger partial charge in [0.2, 0.25) is 0 Å². The lowest BCUT2D eigenvalue weighted by Gasteiger charge is -2.56. The second-order valence-corrected chi connectivity index (χ2v) is 7.81. The molecule has 0 amide bonds. The van der Waals surface area contributed by atoms with E-state index in [1.165, 1.54) is 0 Å². The fourth-order valence-electron chi connectivity index (χ4n) is 4.87. The third-order valence-corrected chi connectivity index (χ3v) is 6.04. The van der Waals surface area contributed by atoms with Gasteiger partial charge in [-0.05, 0) is 36.5 Å². The molecule has 3 heteroatoms. The van der Waals surface area contributed by atoms with Crippen molar-refractivity contribution in [2.24, 2.45) is 22.2 Å². The van der Waals surface area contributed by atoms with Crippen LogP contribution in [0.15, 0.2) is 35.5 Å². The molecule has 2 unspecified atom stereocenters. The topological polar surface area (TPSA) is 57.9 Å². The summed E-state index contributed by atoms with van der Waals surface area (Å²) in [5.74, 6) is 0.0403. The first-order valence-electron chi connectivity index (χ1n) is 7.79. The molecular weight excluding hydrogens is 274 g/mol. The van der Waals surface area contributed by atoms with Crippen LogP contribution in [0.4, 0.5) is 0 Å². The molecule has 114 valence electrons. The van der Waals surface area contributed by atoms with E-state index in [2.05, 4.69) is 19.9 Å². The molecule has 0 aromatic carbocycles. The summed E-state index contributed by atoms with van der Waals surface area (Å²) in [5, 5.41) is 9.37. The van der Waals surface area contributed by atoms with E-state index in [-0.39, 0.29) is 28.5 Å². The van der Waals surface area contributed by atoms with Crippen LogP contribution in [0.1, 0.15) is 40.5 Å². The third kappa shape index (κ3) is 1.73. The van der Waals surface area contributed by atoms with Crippen molar-refractivity contribution in [3.8, 4) is 6.07 Å². The summed E-state index contributed by atoms with van der Waals surface area (Å²) in [7, 11) is 0. The molecule has 3 rings (SSSR count). The maximum atomic E-state index is 12.6. The molecule has 3 aliphatic rings. The van der Waals surface area contributed by atoms with E-state index in [0.29, 0.717) is 0 Å². The minimum atomic E-state index is -0.582. The molecule has 0 spiro atoms. The maximum absolute atomic E-state index is 12.6.